The third kappa shape index (κ3) is 3.17. The van der Waals surface area contributed by atoms with Gasteiger partial charge in [0.15, 0.2) is 0 Å². The highest BCUT2D eigenvalue weighted by Crippen LogP contribution is 2.29. The summed E-state index contributed by atoms with van der Waals surface area (Å²) in [6.07, 6.45) is 1.97. The van der Waals surface area contributed by atoms with Crippen LogP contribution < -0.4 is 5.73 Å². The largest absolute Gasteiger partial charge is 0.320 e. The summed E-state index contributed by atoms with van der Waals surface area (Å²) >= 11 is 12.1. The first-order valence-corrected chi connectivity index (χ1v) is 7.64. The molecule has 0 spiro atoms. The molecular formula is C17H19Cl2N. The van der Waals surface area contributed by atoms with Gasteiger partial charge in [-0.15, -0.1) is 0 Å². The number of hydrogen-bond acceptors (Lipinski definition) is 1. The quantitative estimate of drug-likeness (QED) is 0.829. The van der Waals surface area contributed by atoms with E-state index in [1.165, 1.54) is 16.7 Å². The van der Waals surface area contributed by atoms with E-state index in [-0.39, 0.29) is 6.04 Å². The normalized spacial score (nSPS) is 12.4. The smallest absolute Gasteiger partial charge is 0.0595 e. The van der Waals surface area contributed by atoms with Crippen LogP contribution in [0.25, 0.3) is 0 Å². The Morgan fingerprint density at radius 3 is 2.30 bits per heavy atom. The number of rotatable bonds is 4. The molecule has 0 saturated carbocycles. The van der Waals surface area contributed by atoms with Crippen molar-refractivity contribution in [3.63, 3.8) is 0 Å². The molecule has 0 aliphatic carbocycles. The van der Waals surface area contributed by atoms with Crippen molar-refractivity contribution in [2.45, 2.75) is 32.7 Å². The van der Waals surface area contributed by atoms with E-state index in [4.69, 9.17) is 28.9 Å². The Morgan fingerprint density at radius 1 is 0.950 bits per heavy atom. The Hall–Kier alpha value is -1.02. The van der Waals surface area contributed by atoms with Crippen LogP contribution in [-0.2, 0) is 12.8 Å². The molecule has 0 aliphatic rings. The van der Waals surface area contributed by atoms with Crippen molar-refractivity contribution < 1.29 is 0 Å². The van der Waals surface area contributed by atoms with E-state index >= 15 is 0 Å². The number of halogens is 2. The van der Waals surface area contributed by atoms with Gasteiger partial charge in [-0.2, -0.15) is 0 Å². The lowest BCUT2D eigenvalue weighted by Gasteiger charge is -2.18. The van der Waals surface area contributed by atoms with Gasteiger partial charge >= 0.3 is 0 Å². The highest BCUT2D eigenvalue weighted by atomic mass is 35.5. The lowest BCUT2D eigenvalue weighted by molar-refractivity contribution is 0.845. The summed E-state index contributed by atoms with van der Waals surface area (Å²) in [4.78, 5) is 0. The van der Waals surface area contributed by atoms with Crippen LogP contribution in [0.5, 0.6) is 0 Å². The molecule has 0 amide bonds. The van der Waals surface area contributed by atoms with Gasteiger partial charge in [-0.1, -0.05) is 61.3 Å². The van der Waals surface area contributed by atoms with E-state index < -0.39 is 0 Å². The summed E-state index contributed by atoms with van der Waals surface area (Å²) in [5.74, 6) is 0. The second-order valence-electron chi connectivity index (χ2n) is 4.89. The minimum atomic E-state index is -0.175. The van der Waals surface area contributed by atoms with E-state index in [1.54, 1.807) is 6.07 Å². The molecule has 20 heavy (non-hydrogen) atoms. The predicted molar refractivity (Wildman–Crippen MR) is 87.7 cm³/mol. The fourth-order valence-corrected chi connectivity index (χ4v) is 2.67. The molecule has 2 aromatic carbocycles. The van der Waals surface area contributed by atoms with E-state index in [2.05, 4.69) is 32.0 Å². The molecule has 1 atom stereocenters. The monoisotopic (exact) mass is 307 g/mol. The standard InChI is InChI=1S/C17H19Cl2N/c1-3-11-5-6-12(4-2)14(9-11)17(20)13-7-8-15(18)16(19)10-13/h5-10,17H,3-4,20H2,1-2H3. The minimum absolute atomic E-state index is 0.175. The Labute approximate surface area is 130 Å². The maximum atomic E-state index is 6.43. The first-order chi connectivity index (χ1) is 9.56. The van der Waals surface area contributed by atoms with Gasteiger partial charge in [0, 0.05) is 0 Å². The number of hydrogen-bond donors (Lipinski definition) is 1. The molecule has 0 radical (unpaired) electrons. The Bertz CT molecular complexity index is 608. The van der Waals surface area contributed by atoms with Gasteiger partial charge in [0.05, 0.1) is 16.1 Å². The lowest BCUT2D eigenvalue weighted by Crippen LogP contribution is -2.14. The second-order valence-corrected chi connectivity index (χ2v) is 5.71. The van der Waals surface area contributed by atoms with Crippen LogP contribution in [0.4, 0.5) is 0 Å². The SMILES string of the molecule is CCc1ccc(CC)c(C(N)c2ccc(Cl)c(Cl)c2)c1. The van der Waals surface area contributed by atoms with E-state index in [1.807, 2.05) is 12.1 Å². The van der Waals surface area contributed by atoms with Crippen molar-refractivity contribution in [1.82, 2.24) is 0 Å². The lowest BCUT2D eigenvalue weighted by atomic mass is 9.92. The van der Waals surface area contributed by atoms with Gasteiger partial charge in [0.1, 0.15) is 0 Å². The summed E-state index contributed by atoms with van der Waals surface area (Å²) in [6.45, 7) is 4.29. The Morgan fingerprint density at radius 2 is 1.70 bits per heavy atom. The fraction of sp³-hybridized carbons (Fsp3) is 0.294. The molecule has 106 valence electrons. The van der Waals surface area contributed by atoms with Gasteiger partial charge in [-0.3, -0.25) is 0 Å². The Kier molecular flexibility index (Phi) is 5.09. The molecule has 2 aromatic rings. The van der Waals surface area contributed by atoms with Crippen LogP contribution in [0.1, 0.15) is 42.1 Å². The average Bonchev–Trinajstić information content (AvgIpc) is 2.48. The van der Waals surface area contributed by atoms with Crippen molar-refractivity contribution in [3.8, 4) is 0 Å². The van der Waals surface area contributed by atoms with E-state index in [0.29, 0.717) is 10.0 Å². The number of nitrogens with two attached hydrogens (primary N) is 1. The van der Waals surface area contributed by atoms with Crippen LogP contribution in [0, 0.1) is 0 Å². The molecule has 1 unspecified atom stereocenters. The van der Waals surface area contributed by atoms with Gasteiger partial charge < -0.3 is 5.73 Å². The molecule has 3 heteroatoms. The van der Waals surface area contributed by atoms with Crippen LogP contribution >= 0.6 is 23.2 Å². The molecule has 0 heterocycles. The summed E-state index contributed by atoms with van der Waals surface area (Å²) in [5.41, 5.74) is 11.2. The predicted octanol–water partition coefficient (Wildman–Crippen LogP) is 5.17. The maximum Gasteiger partial charge on any atom is 0.0595 e. The highest BCUT2D eigenvalue weighted by molar-refractivity contribution is 6.42. The molecule has 0 fully saturated rings. The molecule has 1 nitrogen and oxygen atoms in total. The highest BCUT2D eigenvalue weighted by Gasteiger charge is 2.14. The molecule has 0 aliphatic heterocycles. The molecule has 0 saturated heterocycles. The third-order valence-corrected chi connectivity index (χ3v) is 4.38. The van der Waals surface area contributed by atoms with Crippen LogP contribution in [-0.4, -0.2) is 0 Å². The van der Waals surface area contributed by atoms with E-state index in [0.717, 1.165) is 18.4 Å². The number of aryl methyl sites for hydroxylation is 2. The van der Waals surface area contributed by atoms with Crippen molar-refractivity contribution in [3.05, 3.63) is 68.7 Å². The molecule has 2 N–H and O–H groups in total. The zero-order valence-corrected chi connectivity index (χ0v) is 13.3. The maximum absolute atomic E-state index is 6.43. The van der Waals surface area contributed by atoms with Crippen LogP contribution in [0.2, 0.25) is 10.0 Å². The van der Waals surface area contributed by atoms with Crippen molar-refractivity contribution in [1.29, 1.82) is 0 Å². The van der Waals surface area contributed by atoms with Crippen LogP contribution in [0.3, 0.4) is 0 Å². The topological polar surface area (TPSA) is 26.0 Å². The second kappa shape index (κ2) is 6.62. The third-order valence-electron chi connectivity index (χ3n) is 3.64. The summed E-state index contributed by atoms with van der Waals surface area (Å²) in [6, 6.07) is 12.0. The average molecular weight is 308 g/mol. The van der Waals surface area contributed by atoms with E-state index in [9.17, 15) is 0 Å². The van der Waals surface area contributed by atoms with Crippen molar-refractivity contribution in [2.75, 3.05) is 0 Å². The van der Waals surface area contributed by atoms with Gasteiger partial charge in [-0.05, 0) is 47.2 Å². The van der Waals surface area contributed by atoms with Gasteiger partial charge in [0.25, 0.3) is 0 Å². The minimum Gasteiger partial charge on any atom is -0.320 e. The number of benzene rings is 2. The summed E-state index contributed by atoms with van der Waals surface area (Å²) < 4.78 is 0. The van der Waals surface area contributed by atoms with Crippen LogP contribution in [0.15, 0.2) is 36.4 Å². The van der Waals surface area contributed by atoms with Gasteiger partial charge in [0.2, 0.25) is 0 Å². The molecular weight excluding hydrogens is 289 g/mol. The first kappa shape index (κ1) is 15.4. The van der Waals surface area contributed by atoms with Crippen molar-refractivity contribution in [2.24, 2.45) is 5.73 Å². The first-order valence-electron chi connectivity index (χ1n) is 6.89. The summed E-state index contributed by atoms with van der Waals surface area (Å²) in [7, 11) is 0. The zero-order chi connectivity index (χ0) is 14.7. The molecule has 2 rings (SSSR count). The molecule has 0 bridgehead atoms. The van der Waals surface area contributed by atoms with Gasteiger partial charge in [-0.25, -0.2) is 0 Å². The van der Waals surface area contributed by atoms with Crippen molar-refractivity contribution >= 4 is 23.2 Å². The Balaban J connectivity index is 2.45. The molecule has 0 aromatic heterocycles. The zero-order valence-electron chi connectivity index (χ0n) is 11.8. The fourth-order valence-electron chi connectivity index (χ4n) is 2.36. The summed E-state index contributed by atoms with van der Waals surface area (Å²) in [5, 5.41) is 1.10.